The number of aromatic amines is 2. The summed E-state index contributed by atoms with van der Waals surface area (Å²) < 4.78 is 0. The SMILES string of the molecule is C=C(Nc1cncc(-c2ccc3[nH]nc(-c4cc5c(-c6ccncc6)ccnc5[nH]4)c3c2)c1)C(C)(C)C. The number of hydrogen-bond donors (Lipinski definition) is 3. The van der Waals surface area contributed by atoms with Crippen molar-refractivity contribution in [1.29, 1.82) is 0 Å². The van der Waals surface area contributed by atoms with Crippen LogP contribution < -0.4 is 5.32 Å². The molecule has 0 aliphatic heterocycles. The number of H-pyrrole nitrogens is 2. The Kier molecular flexibility index (Phi) is 5.34. The third-order valence-electron chi connectivity index (χ3n) is 6.61. The Morgan fingerprint density at radius 3 is 2.49 bits per heavy atom. The smallest absolute Gasteiger partial charge is 0.138 e. The van der Waals surface area contributed by atoms with Crippen molar-refractivity contribution in [2.24, 2.45) is 5.41 Å². The van der Waals surface area contributed by atoms with Crippen molar-refractivity contribution in [1.82, 2.24) is 30.1 Å². The Morgan fingerprint density at radius 1 is 0.838 bits per heavy atom. The summed E-state index contributed by atoms with van der Waals surface area (Å²) in [6, 6.07) is 16.5. The molecular weight excluding hydrogens is 458 g/mol. The van der Waals surface area contributed by atoms with Crippen molar-refractivity contribution in [2.45, 2.75) is 20.8 Å². The van der Waals surface area contributed by atoms with E-state index in [0.29, 0.717) is 0 Å². The van der Waals surface area contributed by atoms with Gasteiger partial charge >= 0.3 is 0 Å². The number of rotatable bonds is 5. The number of fused-ring (bicyclic) bond motifs is 2. The minimum absolute atomic E-state index is 0.0493. The lowest BCUT2D eigenvalue weighted by molar-refractivity contribution is 0.509. The molecular formula is C30H27N7. The zero-order valence-electron chi connectivity index (χ0n) is 21.0. The van der Waals surface area contributed by atoms with Gasteiger partial charge in [-0.3, -0.25) is 15.1 Å². The number of benzene rings is 1. The molecule has 0 fully saturated rings. The first kappa shape index (κ1) is 22.7. The van der Waals surface area contributed by atoms with Crippen molar-refractivity contribution in [3.63, 3.8) is 0 Å². The molecule has 7 heteroatoms. The molecule has 1 aromatic carbocycles. The van der Waals surface area contributed by atoms with Gasteiger partial charge in [-0.05, 0) is 59.2 Å². The summed E-state index contributed by atoms with van der Waals surface area (Å²) in [6.07, 6.45) is 9.12. The van der Waals surface area contributed by atoms with Crippen molar-refractivity contribution >= 4 is 27.6 Å². The van der Waals surface area contributed by atoms with Gasteiger partial charge in [0, 0.05) is 52.2 Å². The molecule has 6 aromatic rings. The number of nitrogens with one attached hydrogen (secondary N) is 3. The second-order valence-corrected chi connectivity index (χ2v) is 10.2. The minimum atomic E-state index is -0.0493. The predicted molar refractivity (Wildman–Crippen MR) is 150 cm³/mol. The third kappa shape index (κ3) is 4.25. The molecule has 7 nitrogen and oxygen atoms in total. The number of pyridine rings is 3. The zero-order chi connectivity index (χ0) is 25.6. The van der Waals surface area contributed by atoms with Gasteiger partial charge in [0.25, 0.3) is 0 Å². The van der Waals surface area contributed by atoms with Gasteiger partial charge in [0.1, 0.15) is 11.3 Å². The highest BCUT2D eigenvalue weighted by atomic mass is 15.1. The Hall–Kier alpha value is -4.78. The molecule has 0 aliphatic carbocycles. The standard InChI is InChI=1S/C30H27N7/c1-18(30(2,3)4)34-22-13-21(16-32-17-22)20-5-6-26-25(14-20)28(37-36-26)27-15-24-23(9-12-33-29(24)35-27)19-7-10-31-11-8-19/h5-17,34H,1H2,2-4H3,(H,33,35)(H,36,37). The summed E-state index contributed by atoms with van der Waals surface area (Å²) in [6.45, 7) is 10.6. The maximum absolute atomic E-state index is 4.65. The molecule has 0 aliphatic rings. The second-order valence-electron chi connectivity index (χ2n) is 10.2. The molecule has 0 spiro atoms. The number of allylic oxidation sites excluding steroid dienone is 1. The molecule has 0 amide bonds. The van der Waals surface area contributed by atoms with Crippen LogP contribution in [0.25, 0.3) is 55.6 Å². The van der Waals surface area contributed by atoms with Crippen LogP contribution in [0, 0.1) is 5.41 Å². The fourth-order valence-electron chi connectivity index (χ4n) is 4.36. The normalized spacial score (nSPS) is 11.8. The monoisotopic (exact) mass is 485 g/mol. The van der Waals surface area contributed by atoms with Crippen LogP contribution in [0.15, 0.2) is 91.8 Å². The number of hydrogen-bond acceptors (Lipinski definition) is 5. The minimum Gasteiger partial charge on any atom is -0.358 e. The largest absolute Gasteiger partial charge is 0.358 e. The summed E-state index contributed by atoms with van der Waals surface area (Å²) >= 11 is 0. The van der Waals surface area contributed by atoms with E-state index < -0.39 is 0 Å². The Morgan fingerprint density at radius 2 is 1.68 bits per heavy atom. The molecule has 0 unspecified atom stereocenters. The quantitative estimate of drug-likeness (QED) is 0.240. The fourth-order valence-corrected chi connectivity index (χ4v) is 4.36. The Bertz CT molecular complexity index is 1750. The molecule has 37 heavy (non-hydrogen) atoms. The van der Waals surface area contributed by atoms with E-state index >= 15 is 0 Å². The van der Waals surface area contributed by atoms with Crippen LogP contribution in [0.2, 0.25) is 0 Å². The van der Waals surface area contributed by atoms with E-state index in [2.05, 4.69) is 93.1 Å². The van der Waals surface area contributed by atoms with Gasteiger partial charge in [-0.2, -0.15) is 5.10 Å². The summed E-state index contributed by atoms with van der Waals surface area (Å²) in [5.74, 6) is 0. The lowest BCUT2D eigenvalue weighted by atomic mass is 9.93. The maximum Gasteiger partial charge on any atom is 0.138 e. The molecule has 0 bridgehead atoms. The van der Waals surface area contributed by atoms with Gasteiger partial charge < -0.3 is 10.3 Å². The lowest BCUT2D eigenvalue weighted by Crippen LogP contribution is -2.15. The fraction of sp³-hybridized carbons (Fsp3) is 0.133. The van der Waals surface area contributed by atoms with Crippen molar-refractivity contribution in [2.75, 3.05) is 5.32 Å². The van der Waals surface area contributed by atoms with Crippen LogP contribution in [-0.4, -0.2) is 30.1 Å². The predicted octanol–water partition coefficient (Wildman–Crippen LogP) is 7.20. The first-order valence-electron chi connectivity index (χ1n) is 12.2. The molecule has 182 valence electrons. The van der Waals surface area contributed by atoms with Gasteiger partial charge in [-0.1, -0.05) is 33.4 Å². The molecule has 6 rings (SSSR count). The van der Waals surface area contributed by atoms with Crippen LogP contribution in [0.1, 0.15) is 20.8 Å². The average molecular weight is 486 g/mol. The van der Waals surface area contributed by atoms with Crippen molar-refractivity contribution in [3.05, 3.63) is 91.8 Å². The van der Waals surface area contributed by atoms with E-state index in [0.717, 1.165) is 67.0 Å². The van der Waals surface area contributed by atoms with Crippen LogP contribution in [-0.2, 0) is 0 Å². The summed E-state index contributed by atoms with van der Waals surface area (Å²) in [5, 5.41) is 13.3. The maximum atomic E-state index is 4.65. The number of nitrogens with zero attached hydrogens (tertiary/aromatic N) is 4. The second kappa shape index (κ2) is 8.71. The first-order valence-corrected chi connectivity index (χ1v) is 12.2. The Balaban J connectivity index is 1.40. The van der Waals surface area contributed by atoms with E-state index in [9.17, 15) is 0 Å². The molecule has 3 N–H and O–H groups in total. The highest BCUT2D eigenvalue weighted by Gasteiger charge is 2.17. The van der Waals surface area contributed by atoms with E-state index in [4.69, 9.17) is 0 Å². The number of aromatic nitrogens is 6. The van der Waals surface area contributed by atoms with Gasteiger partial charge in [-0.15, -0.1) is 0 Å². The first-order chi connectivity index (χ1) is 17.9. The Labute approximate surface area is 214 Å². The lowest BCUT2D eigenvalue weighted by Gasteiger charge is -2.23. The van der Waals surface area contributed by atoms with Crippen molar-refractivity contribution in [3.8, 4) is 33.6 Å². The molecule has 0 saturated heterocycles. The van der Waals surface area contributed by atoms with Crippen LogP contribution in [0.3, 0.4) is 0 Å². The molecule has 0 radical (unpaired) electrons. The zero-order valence-corrected chi connectivity index (χ0v) is 21.0. The molecule has 0 saturated carbocycles. The molecule has 5 aromatic heterocycles. The van der Waals surface area contributed by atoms with E-state index in [1.54, 1.807) is 12.4 Å². The van der Waals surface area contributed by atoms with Gasteiger partial charge in [0.2, 0.25) is 0 Å². The topological polar surface area (TPSA) is 95.2 Å². The summed E-state index contributed by atoms with van der Waals surface area (Å²) in [5.41, 5.74) is 9.60. The van der Waals surface area contributed by atoms with E-state index in [1.165, 1.54) is 0 Å². The van der Waals surface area contributed by atoms with Crippen LogP contribution in [0.5, 0.6) is 0 Å². The molecule has 0 atom stereocenters. The highest BCUT2D eigenvalue weighted by molar-refractivity contribution is 6.00. The highest BCUT2D eigenvalue weighted by Crippen LogP contribution is 2.35. The molecule has 5 heterocycles. The van der Waals surface area contributed by atoms with Gasteiger partial charge in [0.05, 0.1) is 23.1 Å². The van der Waals surface area contributed by atoms with Crippen LogP contribution >= 0.6 is 0 Å². The van der Waals surface area contributed by atoms with Crippen molar-refractivity contribution < 1.29 is 0 Å². The van der Waals surface area contributed by atoms with Gasteiger partial charge in [0.15, 0.2) is 0 Å². The van der Waals surface area contributed by atoms with Crippen LogP contribution in [0.4, 0.5) is 5.69 Å². The van der Waals surface area contributed by atoms with Gasteiger partial charge in [-0.25, -0.2) is 4.98 Å². The summed E-state index contributed by atoms with van der Waals surface area (Å²) in [4.78, 5) is 16.6. The average Bonchev–Trinajstić information content (AvgIpc) is 3.52. The number of anilines is 1. The van der Waals surface area contributed by atoms with E-state index in [-0.39, 0.29) is 5.41 Å². The van der Waals surface area contributed by atoms with E-state index in [1.807, 2.05) is 36.8 Å². The third-order valence-corrected chi connectivity index (χ3v) is 6.61. The summed E-state index contributed by atoms with van der Waals surface area (Å²) in [7, 11) is 0.